The van der Waals surface area contributed by atoms with Gasteiger partial charge in [-0.1, -0.05) is 103 Å². The van der Waals surface area contributed by atoms with Crippen molar-refractivity contribution in [3.05, 3.63) is 22.8 Å². The standard InChI is InChI=1S/C27H43I3O3/c28-23-21-24(29)27(25(30)22-23)33-20-18-16-14-12-10-8-6-4-2-1-3-5-7-9-11-13-15-17-19-26(31)32/h21-22H,1-20H2,(H,31,32). The fourth-order valence-electron chi connectivity index (χ4n) is 4.05. The van der Waals surface area contributed by atoms with Crippen LogP contribution in [0.5, 0.6) is 5.75 Å². The van der Waals surface area contributed by atoms with Crippen LogP contribution in [0.15, 0.2) is 12.1 Å². The monoisotopic (exact) mass is 796 g/mol. The molecule has 0 aliphatic rings. The number of ether oxygens (including phenoxy) is 1. The first-order valence-corrected chi connectivity index (χ1v) is 16.2. The Morgan fingerprint density at radius 3 is 1.30 bits per heavy atom. The van der Waals surface area contributed by atoms with Gasteiger partial charge in [0, 0.05) is 9.99 Å². The largest absolute Gasteiger partial charge is 0.491 e. The number of halogens is 3. The van der Waals surface area contributed by atoms with Crippen molar-refractivity contribution >= 4 is 73.7 Å². The summed E-state index contributed by atoms with van der Waals surface area (Å²) < 4.78 is 9.72. The zero-order valence-electron chi connectivity index (χ0n) is 20.2. The molecule has 0 heterocycles. The normalized spacial score (nSPS) is 11.1. The summed E-state index contributed by atoms with van der Waals surface area (Å²) in [6.45, 7) is 0.833. The highest BCUT2D eigenvalue weighted by molar-refractivity contribution is 14.1. The van der Waals surface area contributed by atoms with Crippen molar-refractivity contribution in [2.24, 2.45) is 0 Å². The van der Waals surface area contributed by atoms with Crippen LogP contribution < -0.4 is 4.74 Å². The molecule has 1 N–H and O–H groups in total. The molecular formula is C27H43I3O3. The summed E-state index contributed by atoms with van der Waals surface area (Å²) in [7, 11) is 0. The highest BCUT2D eigenvalue weighted by Crippen LogP contribution is 2.29. The molecule has 0 saturated carbocycles. The lowest BCUT2D eigenvalue weighted by Gasteiger charge is -2.11. The molecule has 0 atom stereocenters. The molecule has 0 spiro atoms. The molecule has 0 fully saturated rings. The Bertz CT molecular complexity index is 614. The lowest BCUT2D eigenvalue weighted by Crippen LogP contribution is -2.01. The van der Waals surface area contributed by atoms with Gasteiger partial charge < -0.3 is 9.84 Å². The average molecular weight is 796 g/mol. The summed E-state index contributed by atoms with van der Waals surface area (Å²) in [6, 6.07) is 4.35. The third kappa shape index (κ3) is 18.6. The molecule has 0 aliphatic carbocycles. The van der Waals surface area contributed by atoms with Crippen LogP contribution in [-0.4, -0.2) is 17.7 Å². The van der Waals surface area contributed by atoms with E-state index in [1.807, 2.05) is 0 Å². The van der Waals surface area contributed by atoms with Crippen LogP contribution in [0.2, 0.25) is 0 Å². The molecule has 33 heavy (non-hydrogen) atoms. The van der Waals surface area contributed by atoms with E-state index in [0.29, 0.717) is 6.42 Å². The zero-order valence-corrected chi connectivity index (χ0v) is 26.7. The Balaban J connectivity index is 1.77. The minimum absolute atomic E-state index is 0.337. The molecule has 0 saturated heterocycles. The van der Waals surface area contributed by atoms with Crippen LogP contribution in [0.1, 0.15) is 122 Å². The topological polar surface area (TPSA) is 46.5 Å². The van der Waals surface area contributed by atoms with E-state index in [-0.39, 0.29) is 0 Å². The number of unbranched alkanes of at least 4 members (excludes halogenated alkanes) is 17. The van der Waals surface area contributed by atoms with Crippen molar-refractivity contribution in [2.75, 3.05) is 6.61 Å². The van der Waals surface area contributed by atoms with E-state index in [1.54, 1.807) is 0 Å². The third-order valence-corrected chi connectivity index (χ3v) is 8.22. The molecule has 1 rings (SSSR count). The number of aliphatic carboxylic acids is 1. The zero-order chi connectivity index (χ0) is 24.2. The fourth-order valence-corrected chi connectivity index (χ4v) is 7.94. The maximum Gasteiger partial charge on any atom is 0.303 e. The number of hydrogen-bond donors (Lipinski definition) is 1. The number of benzene rings is 1. The highest BCUT2D eigenvalue weighted by Gasteiger charge is 2.07. The molecule has 190 valence electrons. The van der Waals surface area contributed by atoms with Gasteiger partial charge in [0.2, 0.25) is 0 Å². The fraction of sp³-hybridized carbons (Fsp3) is 0.741. The van der Waals surface area contributed by atoms with Crippen LogP contribution in [0.25, 0.3) is 0 Å². The smallest absolute Gasteiger partial charge is 0.303 e. The number of carboxylic acids is 1. The van der Waals surface area contributed by atoms with Crippen LogP contribution in [-0.2, 0) is 4.79 Å². The summed E-state index contributed by atoms with van der Waals surface area (Å²) in [5.74, 6) is 0.400. The van der Waals surface area contributed by atoms with E-state index in [4.69, 9.17) is 9.84 Å². The Morgan fingerprint density at radius 1 is 0.606 bits per heavy atom. The molecular weight excluding hydrogens is 753 g/mol. The average Bonchev–Trinajstić information content (AvgIpc) is 2.76. The number of rotatable bonds is 22. The van der Waals surface area contributed by atoms with Gasteiger partial charge >= 0.3 is 5.97 Å². The van der Waals surface area contributed by atoms with Crippen molar-refractivity contribution in [1.82, 2.24) is 0 Å². The third-order valence-electron chi connectivity index (χ3n) is 5.99. The first-order chi connectivity index (χ1) is 16.0. The molecule has 1 aromatic carbocycles. The molecule has 0 amide bonds. The SMILES string of the molecule is O=C(O)CCCCCCCCCCCCCCCCCCCCOc1c(I)cc(I)cc1I. The van der Waals surface area contributed by atoms with Gasteiger partial charge in [-0.05, 0) is 92.7 Å². The Morgan fingerprint density at radius 2 is 0.939 bits per heavy atom. The van der Waals surface area contributed by atoms with E-state index in [0.717, 1.165) is 31.6 Å². The van der Waals surface area contributed by atoms with E-state index in [9.17, 15) is 4.79 Å². The summed E-state index contributed by atoms with van der Waals surface area (Å²) >= 11 is 7.10. The summed E-state index contributed by atoms with van der Waals surface area (Å²) in [5, 5.41) is 8.61. The molecule has 1 aromatic rings. The quantitative estimate of drug-likeness (QED) is 0.0939. The summed E-state index contributed by atoms with van der Waals surface area (Å²) in [6.07, 6.45) is 23.7. The van der Waals surface area contributed by atoms with Crippen molar-refractivity contribution in [3.63, 3.8) is 0 Å². The van der Waals surface area contributed by atoms with Crippen molar-refractivity contribution in [2.45, 2.75) is 122 Å². The van der Waals surface area contributed by atoms with E-state index < -0.39 is 5.97 Å². The minimum Gasteiger partial charge on any atom is -0.491 e. The van der Waals surface area contributed by atoms with Crippen LogP contribution in [0.3, 0.4) is 0 Å². The van der Waals surface area contributed by atoms with Crippen LogP contribution in [0, 0.1) is 10.7 Å². The van der Waals surface area contributed by atoms with E-state index in [1.165, 1.54) is 107 Å². The Kier molecular flexibility index (Phi) is 21.1. The number of carbonyl (C=O) groups is 1. The molecule has 3 nitrogen and oxygen atoms in total. The predicted molar refractivity (Wildman–Crippen MR) is 165 cm³/mol. The van der Waals surface area contributed by atoms with Crippen LogP contribution in [0.4, 0.5) is 0 Å². The van der Waals surface area contributed by atoms with E-state index >= 15 is 0 Å². The van der Waals surface area contributed by atoms with Gasteiger partial charge in [0.05, 0.1) is 13.7 Å². The van der Waals surface area contributed by atoms with Crippen LogP contribution >= 0.6 is 67.8 Å². The second-order valence-corrected chi connectivity index (χ2v) is 12.6. The maximum absolute atomic E-state index is 10.4. The second-order valence-electron chi connectivity index (χ2n) is 9.05. The Labute approximate surface area is 243 Å². The molecule has 0 radical (unpaired) electrons. The Hall–Kier alpha value is 0.680. The maximum atomic E-state index is 10.4. The van der Waals surface area contributed by atoms with Crippen molar-refractivity contribution in [3.8, 4) is 5.75 Å². The molecule has 0 bridgehead atoms. The van der Waals surface area contributed by atoms with Gasteiger partial charge in [0.1, 0.15) is 5.75 Å². The second kappa shape index (κ2) is 21.9. The number of carboxylic acid groups (broad SMARTS) is 1. The predicted octanol–water partition coefficient (Wildman–Crippen LogP) is 10.4. The molecule has 0 unspecified atom stereocenters. The van der Waals surface area contributed by atoms with Gasteiger partial charge in [-0.2, -0.15) is 0 Å². The van der Waals surface area contributed by atoms with Crippen molar-refractivity contribution < 1.29 is 14.6 Å². The lowest BCUT2D eigenvalue weighted by atomic mass is 10.0. The van der Waals surface area contributed by atoms with Crippen molar-refractivity contribution in [1.29, 1.82) is 0 Å². The lowest BCUT2D eigenvalue weighted by molar-refractivity contribution is -0.137. The minimum atomic E-state index is -0.657. The van der Waals surface area contributed by atoms with Gasteiger partial charge in [-0.25, -0.2) is 0 Å². The molecule has 0 aromatic heterocycles. The van der Waals surface area contributed by atoms with Gasteiger partial charge in [0.15, 0.2) is 0 Å². The highest BCUT2D eigenvalue weighted by atomic mass is 127. The molecule has 0 aliphatic heterocycles. The first-order valence-electron chi connectivity index (χ1n) is 13.0. The number of hydrogen-bond acceptors (Lipinski definition) is 2. The van der Waals surface area contributed by atoms with Gasteiger partial charge in [-0.3, -0.25) is 4.79 Å². The summed E-state index contributed by atoms with van der Waals surface area (Å²) in [5.41, 5.74) is 0. The van der Waals surface area contributed by atoms with Gasteiger partial charge in [0.25, 0.3) is 0 Å². The van der Waals surface area contributed by atoms with E-state index in [2.05, 4.69) is 79.9 Å². The first kappa shape index (κ1) is 31.7. The van der Waals surface area contributed by atoms with Gasteiger partial charge in [-0.15, -0.1) is 0 Å². The molecule has 6 heteroatoms. The summed E-state index contributed by atoms with van der Waals surface area (Å²) in [4.78, 5) is 10.4.